The first-order chi connectivity index (χ1) is 14.7. The second-order valence-electron chi connectivity index (χ2n) is 7.48. The summed E-state index contributed by atoms with van der Waals surface area (Å²) in [6, 6.07) is 12.4. The molecule has 5 rings (SSSR count). The first kappa shape index (κ1) is 18.5. The van der Waals surface area contributed by atoms with Crippen molar-refractivity contribution in [2.24, 2.45) is 5.73 Å². The molecule has 1 unspecified atom stereocenters. The molecule has 1 saturated heterocycles. The van der Waals surface area contributed by atoms with Crippen LogP contribution in [0.3, 0.4) is 0 Å². The van der Waals surface area contributed by atoms with E-state index in [0.29, 0.717) is 17.2 Å². The van der Waals surface area contributed by atoms with Gasteiger partial charge in [0.2, 0.25) is 5.95 Å². The number of fused-ring (bicyclic) bond motifs is 1. The predicted octanol–water partition coefficient (Wildman–Crippen LogP) is 3.60. The van der Waals surface area contributed by atoms with Crippen LogP contribution in [0.25, 0.3) is 16.8 Å². The average Bonchev–Trinajstić information content (AvgIpc) is 3.16. The van der Waals surface area contributed by atoms with Crippen LogP contribution in [-0.2, 0) is 0 Å². The Morgan fingerprint density at radius 1 is 1.10 bits per heavy atom. The Balaban J connectivity index is 1.51. The first-order valence-corrected chi connectivity index (χ1v) is 10.0. The maximum Gasteiger partial charge on any atom is 0.229 e. The third kappa shape index (κ3) is 3.46. The van der Waals surface area contributed by atoms with Gasteiger partial charge in [-0.1, -0.05) is 12.1 Å². The summed E-state index contributed by atoms with van der Waals surface area (Å²) in [7, 11) is 0. The van der Waals surface area contributed by atoms with Gasteiger partial charge in [-0.05, 0) is 43.2 Å². The van der Waals surface area contributed by atoms with Gasteiger partial charge in [-0.2, -0.15) is 9.61 Å². The number of nitrogens with one attached hydrogen (secondary N) is 1. The van der Waals surface area contributed by atoms with Crippen LogP contribution < -0.4 is 16.0 Å². The van der Waals surface area contributed by atoms with Crippen LogP contribution in [0.4, 0.5) is 21.7 Å². The molecule has 4 heterocycles. The fourth-order valence-corrected chi connectivity index (χ4v) is 3.89. The van der Waals surface area contributed by atoms with Crippen molar-refractivity contribution in [3.05, 3.63) is 66.9 Å². The summed E-state index contributed by atoms with van der Waals surface area (Å²) in [5.41, 5.74) is 9.83. The van der Waals surface area contributed by atoms with E-state index >= 15 is 0 Å². The van der Waals surface area contributed by atoms with Crippen molar-refractivity contribution >= 4 is 22.8 Å². The highest BCUT2D eigenvalue weighted by atomic mass is 19.1. The number of aromatic nitrogens is 4. The topological polar surface area (TPSA) is 84.4 Å². The van der Waals surface area contributed by atoms with Gasteiger partial charge in [-0.15, -0.1) is 0 Å². The van der Waals surface area contributed by atoms with Crippen LogP contribution in [0.15, 0.2) is 61.1 Å². The summed E-state index contributed by atoms with van der Waals surface area (Å²) < 4.78 is 15.9. The Hall–Kier alpha value is -3.52. The lowest BCUT2D eigenvalue weighted by Gasteiger charge is -2.33. The van der Waals surface area contributed by atoms with Gasteiger partial charge in [0.25, 0.3) is 0 Å². The molecule has 7 nitrogen and oxygen atoms in total. The Labute approximate surface area is 173 Å². The smallest absolute Gasteiger partial charge is 0.229 e. The molecule has 1 aromatic carbocycles. The number of piperidine rings is 1. The molecule has 0 aliphatic carbocycles. The van der Waals surface area contributed by atoms with E-state index in [9.17, 15) is 4.39 Å². The molecule has 1 atom stereocenters. The lowest BCUT2D eigenvalue weighted by atomic mass is 10.1. The van der Waals surface area contributed by atoms with Crippen LogP contribution in [-0.4, -0.2) is 38.7 Å². The van der Waals surface area contributed by atoms with Crippen molar-refractivity contribution in [1.29, 1.82) is 0 Å². The van der Waals surface area contributed by atoms with Crippen molar-refractivity contribution in [2.75, 3.05) is 23.3 Å². The molecule has 1 fully saturated rings. The average molecular weight is 403 g/mol. The number of anilines is 3. The van der Waals surface area contributed by atoms with Crippen molar-refractivity contribution in [2.45, 2.75) is 18.9 Å². The highest BCUT2D eigenvalue weighted by Gasteiger charge is 2.20. The molecule has 0 amide bonds. The van der Waals surface area contributed by atoms with Crippen LogP contribution in [0, 0.1) is 5.82 Å². The summed E-state index contributed by atoms with van der Waals surface area (Å²) in [6.07, 6.45) is 7.38. The van der Waals surface area contributed by atoms with Crippen molar-refractivity contribution < 1.29 is 4.39 Å². The number of rotatable bonds is 4. The maximum atomic E-state index is 14.2. The Morgan fingerprint density at radius 2 is 2.00 bits per heavy atom. The summed E-state index contributed by atoms with van der Waals surface area (Å²) in [4.78, 5) is 11.0. The number of hydrogen-bond donors (Lipinski definition) is 2. The number of nitrogens with two attached hydrogens (primary N) is 1. The van der Waals surface area contributed by atoms with E-state index in [1.165, 1.54) is 6.07 Å². The molecule has 152 valence electrons. The van der Waals surface area contributed by atoms with E-state index in [4.69, 9.17) is 5.73 Å². The zero-order valence-electron chi connectivity index (χ0n) is 16.4. The maximum absolute atomic E-state index is 14.2. The molecule has 1 aliphatic rings. The van der Waals surface area contributed by atoms with Gasteiger partial charge in [-0.3, -0.25) is 4.98 Å². The molecule has 0 saturated carbocycles. The largest absolute Gasteiger partial charge is 0.368 e. The van der Waals surface area contributed by atoms with Crippen LogP contribution in [0.1, 0.15) is 12.8 Å². The van der Waals surface area contributed by atoms with E-state index in [-0.39, 0.29) is 11.9 Å². The lowest BCUT2D eigenvalue weighted by Crippen LogP contribution is -2.43. The molecule has 3 N–H and O–H groups in total. The minimum Gasteiger partial charge on any atom is -0.368 e. The highest BCUT2D eigenvalue weighted by Crippen LogP contribution is 2.30. The number of halogens is 1. The molecule has 1 aliphatic heterocycles. The van der Waals surface area contributed by atoms with Gasteiger partial charge < -0.3 is 16.0 Å². The van der Waals surface area contributed by atoms with E-state index < -0.39 is 0 Å². The fraction of sp³-hybridized carbons (Fsp3) is 0.227. The summed E-state index contributed by atoms with van der Waals surface area (Å²) in [6.45, 7) is 1.75. The van der Waals surface area contributed by atoms with Gasteiger partial charge in [0.15, 0.2) is 0 Å². The second kappa shape index (κ2) is 7.72. The quantitative estimate of drug-likeness (QED) is 0.542. The molecule has 4 aromatic rings. The van der Waals surface area contributed by atoms with Crippen molar-refractivity contribution in [3.63, 3.8) is 0 Å². The molecule has 30 heavy (non-hydrogen) atoms. The number of nitrogens with zero attached hydrogens (tertiary/aromatic N) is 5. The zero-order chi connectivity index (χ0) is 20.5. The van der Waals surface area contributed by atoms with Crippen molar-refractivity contribution in [3.8, 4) is 11.3 Å². The van der Waals surface area contributed by atoms with E-state index in [1.807, 2.05) is 12.1 Å². The zero-order valence-corrected chi connectivity index (χ0v) is 16.4. The summed E-state index contributed by atoms with van der Waals surface area (Å²) in [5, 5.41) is 7.97. The SMILES string of the molecule is NC1CCCN(c2ccncc2Nc2ncc3ccc(-c4ccccc4F)nn23)C1. The van der Waals surface area contributed by atoms with E-state index in [1.54, 1.807) is 47.4 Å². The van der Waals surface area contributed by atoms with Crippen molar-refractivity contribution in [1.82, 2.24) is 19.6 Å². The van der Waals surface area contributed by atoms with E-state index in [0.717, 1.165) is 42.8 Å². The molecule has 3 aromatic heterocycles. The third-order valence-electron chi connectivity index (χ3n) is 5.38. The minimum absolute atomic E-state index is 0.164. The van der Waals surface area contributed by atoms with Gasteiger partial charge in [0.05, 0.1) is 35.0 Å². The number of imidazole rings is 1. The molecule has 0 bridgehead atoms. The summed E-state index contributed by atoms with van der Waals surface area (Å²) in [5.74, 6) is 0.230. The monoisotopic (exact) mass is 403 g/mol. The lowest BCUT2D eigenvalue weighted by molar-refractivity contribution is 0.506. The van der Waals surface area contributed by atoms with Crippen LogP contribution in [0.2, 0.25) is 0 Å². The highest BCUT2D eigenvalue weighted by molar-refractivity contribution is 5.74. The standard InChI is InChI=1S/C22H22FN7/c23-18-6-2-1-5-17(18)19-8-7-16-12-26-22(30(16)28-19)27-20-13-25-10-9-21(20)29-11-3-4-15(24)14-29/h1-2,5-10,12-13,15H,3-4,11,14,24H2,(H,26,27). The van der Waals surface area contributed by atoms with Gasteiger partial charge in [0.1, 0.15) is 5.82 Å². The Kier molecular flexibility index (Phi) is 4.76. The second-order valence-corrected chi connectivity index (χ2v) is 7.48. The number of pyridine rings is 1. The fourth-order valence-electron chi connectivity index (χ4n) is 3.89. The first-order valence-electron chi connectivity index (χ1n) is 10.0. The molecule has 8 heteroatoms. The predicted molar refractivity (Wildman–Crippen MR) is 115 cm³/mol. The van der Waals surface area contributed by atoms with Gasteiger partial charge >= 0.3 is 0 Å². The Bertz CT molecular complexity index is 1190. The third-order valence-corrected chi connectivity index (χ3v) is 5.38. The normalized spacial score (nSPS) is 16.7. The molecular formula is C22H22FN7. The summed E-state index contributed by atoms with van der Waals surface area (Å²) >= 11 is 0. The number of benzene rings is 1. The van der Waals surface area contributed by atoms with Gasteiger partial charge in [0, 0.05) is 30.9 Å². The Morgan fingerprint density at radius 3 is 2.87 bits per heavy atom. The van der Waals surface area contributed by atoms with Gasteiger partial charge in [-0.25, -0.2) is 9.37 Å². The molecule has 0 spiro atoms. The van der Waals surface area contributed by atoms with E-state index in [2.05, 4.69) is 25.3 Å². The van der Waals surface area contributed by atoms with Crippen LogP contribution >= 0.6 is 0 Å². The van der Waals surface area contributed by atoms with Crippen LogP contribution in [0.5, 0.6) is 0 Å². The molecular weight excluding hydrogens is 381 g/mol. The minimum atomic E-state index is -0.310. The molecule has 0 radical (unpaired) electrons. The number of hydrogen-bond acceptors (Lipinski definition) is 6.